The second-order valence-electron chi connectivity index (χ2n) is 0.898. The number of rotatable bonds is 1. The number of aliphatic hydroxyl groups is 1. The summed E-state index contributed by atoms with van der Waals surface area (Å²) in [6, 6.07) is 0. The summed E-state index contributed by atoms with van der Waals surface area (Å²) in [6.45, 7) is 1.80. The Morgan fingerprint density at radius 1 is 1.83 bits per heavy atom. The molecular weight excluding hydrogens is 99.5 g/mol. The normalized spacial score (nSPS) is 15.8. The van der Waals surface area contributed by atoms with Crippen molar-refractivity contribution < 1.29 is 5.11 Å². The second kappa shape index (κ2) is 3.19. The van der Waals surface area contributed by atoms with Crippen LogP contribution in [0.15, 0.2) is 12.2 Å². The van der Waals surface area contributed by atoms with E-state index in [2.05, 4.69) is 0 Å². The fourth-order valence-corrected chi connectivity index (χ4v) is 0.304. The van der Waals surface area contributed by atoms with E-state index in [1.165, 1.54) is 6.08 Å². The van der Waals surface area contributed by atoms with E-state index in [0.717, 1.165) is 0 Å². The molecule has 0 bridgehead atoms. The third kappa shape index (κ3) is 3.99. The third-order valence-electron chi connectivity index (χ3n) is 0.351. The first kappa shape index (κ1) is 5.99. The lowest BCUT2D eigenvalue weighted by atomic mass is 10.6. The first-order valence-electron chi connectivity index (χ1n) is 1.72. The van der Waals surface area contributed by atoms with E-state index >= 15 is 0 Å². The first-order chi connectivity index (χ1) is 2.77. The lowest BCUT2D eigenvalue weighted by Crippen LogP contribution is -1.84. The van der Waals surface area contributed by atoms with Gasteiger partial charge < -0.3 is 5.11 Å². The van der Waals surface area contributed by atoms with Crippen molar-refractivity contribution in [2.45, 2.75) is 12.5 Å². The van der Waals surface area contributed by atoms with Gasteiger partial charge in [0.2, 0.25) is 0 Å². The molecule has 0 spiro atoms. The zero-order chi connectivity index (χ0) is 4.99. The average molecular weight is 107 g/mol. The van der Waals surface area contributed by atoms with Gasteiger partial charge in [-0.2, -0.15) is 0 Å². The van der Waals surface area contributed by atoms with Gasteiger partial charge in [-0.05, 0) is 13.0 Å². The van der Waals surface area contributed by atoms with Crippen LogP contribution in [0.4, 0.5) is 0 Å². The van der Waals surface area contributed by atoms with Crippen molar-refractivity contribution in [3.63, 3.8) is 0 Å². The van der Waals surface area contributed by atoms with Crippen LogP contribution in [0, 0.1) is 0 Å². The Bertz CT molecular complexity index is 49.5. The SMILES string of the molecule is CC=CC(O)Cl. The van der Waals surface area contributed by atoms with Gasteiger partial charge in [-0.1, -0.05) is 17.7 Å². The van der Waals surface area contributed by atoms with Gasteiger partial charge in [0.05, 0.1) is 0 Å². The van der Waals surface area contributed by atoms with E-state index < -0.39 is 5.56 Å². The highest BCUT2D eigenvalue weighted by Gasteiger charge is 1.81. The predicted molar refractivity (Wildman–Crippen MR) is 26.7 cm³/mol. The van der Waals surface area contributed by atoms with Gasteiger partial charge in [-0.3, -0.25) is 0 Å². The number of hydrogen-bond acceptors (Lipinski definition) is 1. The maximum absolute atomic E-state index is 8.23. The molecule has 0 aliphatic carbocycles. The molecule has 1 N–H and O–H groups in total. The minimum Gasteiger partial charge on any atom is -0.374 e. The van der Waals surface area contributed by atoms with Crippen molar-refractivity contribution in [1.82, 2.24) is 0 Å². The number of alkyl halides is 1. The van der Waals surface area contributed by atoms with Crippen molar-refractivity contribution in [1.29, 1.82) is 0 Å². The van der Waals surface area contributed by atoms with E-state index in [0.29, 0.717) is 0 Å². The summed E-state index contributed by atoms with van der Waals surface area (Å²) in [7, 11) is 0. The molecule has 36 valence electrons. The van der Waals surface area contributed by atoms with Crippen LogP contribution >= 0.6 is 11.6 Å². The molecule has 0 fully saturated rings. The van der Waals surface area contributed by atoms with Crippen LogP contribution in [-0.2, 0) is 0 Å². The zero-order valence-electron chi connectivity index (χ0n) is 3.56. The lowest BCUT2D eigenvalue weighted by molar-refractivity contribution is 0.303. The van der Waals surface area contributed by atoms with Gasteiger partial charge >= 0.3 is 0 Å². The first-order valence-corrected chi connectivity index (χ1v) is 2.16. The van der Waals surface area contributed by atoms with Crippen LogP contribution in [0.25, 0.3) is 0 Å². The van der Waals surface area contributed by atoms with Crippen molar-refractivity contribution >= 4 is 11.6 Å². The van der Waals surface area contributed by atoms with E-state index in [9.17, 15) is 0 Å². The number of aliphatic hydroxyl groups excluding tert-OH is 1. The van der Waals surface area contributed by atoms with Crippen LogP contribution in [0.1, 0.15) is 6.92 Å². The molecular formula is C4H7ClO. The van der Waals surface area contributed by atoms with E-state index in [1.807, 2.05) is 0 Å². The molecule has 0 aromatic heterocycles. The van der Waals surface area contributed by atoms with Crippen molar-refractivity contribution in [3.8, 4) is 0 Å². The van der Waals surface area contributed by atoms with Crippen LogP contribution in [0.3, 0.4) is 0 Å². The molecule has 0 aliphatic rings. The van der Waals surface area contributed by atoms with Crippen LogP contribution in [0.2, 0.25) is 0 Å². The zero-order valence-corrected chi connectivity index (χ0v) is 4.31. The summed E-state index contributed by atoms with van der Waals surface area (Å²) in [5.74, 6) is 0. The molecule has 0 aromatic rings. The summed E-state index contributed by atoms with van der Waals surface area (Å²) in [6.07, 6.45) is 3.18. The summed E-state index contributed by atoms with van der Waals surface area (Å²) in [5.41, 5.74) is -0.810. The molecule has 0 rings (SSSR count). The number of allylic oxidation sites excluding steroid dienone is 1. The number of halogens is 1. The predicted octanol–water partition coefficient (Wildman–Crippen LogP) is 1.12. The Hall–Kier alpha value is -0.0100. The summed E-state index contributed by atoms with van der Waals surface area (Å²) >= 11 is 5.05. The highest BCUT2D eigenvalue weighted by molar-refractivity contribution is 6.20. The van der Waals surface area contributed by atoms with Gasteiger partial charge in [0.1, 0.15) is 5.56 Å². The van der Waals surface area contributed by atoms with Crippen molar-refractivity contribution in [2.75, 3.05) is 0 Å². The maximum Gasteiger partial charge on any atom is 0.146 e. The summed E-state index contributed by atoms with van der Waals surface area (Å²) < 4.78 is 0. The second-order valence-corrected chi connectivity index (χ2v) is 1.35. The average Bonchev–Trinajstić information content (AvgIpc) is 1.35. The molecule has 0 aromatic carbocycles. The lowest BCUT2D eigenvalue weighted by Gasteiger charge is -1.84. The van der Waals surface area contributed by atoms with Crippen LogP contribution < -0.4 is 0 Å². The molecule has 0 saturated heterocycles. The Balaban J connectivity index is 3.03. The smallest absolute Gasteiger partial charge is 0.146 e. The summed E-state index contributed by atoms with van der Waals surface area (Å²) in [5, 5.41) is 8.23. The Kier molecular flexibility index (Phi) is 3.19. The largest absolute Gasteiger partial charge is 0.374 e. The molecule has 1 unspecified atom stereocenters. The van der Waals surface area contributed by atoms with E-state index in [4.69, 9.17) is 16.7 Å². The minimum atomic E-state index is -0.810. The minimum absolute atomic E-state index is 0.810. The monoisotopic (exact) mass is 106 g/mol. The quantitative estimate of drug-likeness (QED) is 0.392. The standard InChI is InChI=1S/C4H7ClO/c1-2-3-4(5)6/h2-4,6H,1H3. The van der Waals surface area contributed by atoms with Gasteiger partial charge in [-0.15, -0.1) is 0 Å². The fourth-order valence-electron chi connectivity index (χ4n) is 0.159. The third-order valence-corrected chi connectivity index (χ3v) is 0.497. The topological polar surface area (TPSA) is 20.2 Å². The molecule has 0 amide bonds. The summed E-state index contributed by atoms with van der Waals surface area (Å²) in [4.78, 5) is 0. The molecule has 0 saturated carbocycles. The number of hydrogen-bond donors (Lipinski definition) is 1. The van der Waals surface area contributed by atoms with Gasteiger partial charge in [0.15, 0.2) is 0 Å². The highest BCUT2D eigenvalue weighted by atomic mass is 35.5. The maximum atomic E-state index is 8.23. The Morgan fingerprint density at radius 2 is 2.33 bits per heavy atom. The van der Waals surface area contributed by atoms with Crippen molar-refractivity contribution in [2.24, 2.45) is 0 Å². The molecule has 0 aliphatic heterocycles. The molecule has 1 nitrogen and oxygen atoms in total. The van der Waals surface area contributed by atoms with Gasteiger partial charge in [0.25, 0.3) is 0 Å². The van der Waals surface area contributed by atoms with Crippen LogP contribution in [0.5, 0.6) is 0 Å². The van der Waals surface area contributed by atoms with Gasteiger partial charge in [0, 0.05) is 0 Å². The van der Waals surface area contributed by atoms with E-state index in [-0.39, 0.29) is 0 Å². The van der Waals surface area contributed by atoms with Gasteiger partial charge in [-0.25, -0.2) is 0 Å². The molecule has 2 heteroatoms. The van der Waals surface area contributed by atoms with Crippen molar-refractivity contribution in [3.05, 3.63) is 12.2 Å². The Morgan fingerprint density at radius 3 is 2.33 bits per heavy atom. The highest BCUT2D eigenvalue weighted by Crippen LogP contribution is 1.88. The molecule has 1 atom stereocenters. The molecule has 6 heavy (non-hydrogen) atoms. The molecule has 0 heterocycles. The van der Waals surface area contributed by atoms with Crippen LogP contribution in [-0.4, -0.2) is 10.7 Å². The van der Waals surface area contributed by atoms with E-state index in [1.54, 1.807) is 13.0 Å². The molecule has 0 radical (unpaired) electrons. The fraction of sp³-hybridized carbons (Fsp3) is 0.500. The Labute approximate surface area is 42.2 Å².